The molecule has 172 valence electrons. The highest BCUT2D eigenvalue weighted by molar-refractivity contribution is 9.10. The van der Waals surface area contributed by atoms with Crippen molar-refractivity contribution in [3.63, 3.8) is 0 Å². The van der Waals surface area contributed by atoms with Crippen LogP contribution in [0.2, 0.25) is 0 Å². The molecule has 4 heteroatoms. The van der Waals surface area contributed by atoms with Crippen LogP contribution in [0.25, 0.3) is 0 Å². The minimum atomic E-state index is 0.334. The van der Waals surface area contributed by atoms with Gasteiger partial charge in [-0.1, -0.05) is 51.8 Å². The van der Waals surface area contributed by atoms with E-state index in [1.165, 1.54) is 31.2 Å². The number of hydrogen-bond donors (Lipinski definition) is 1. The summed E-state index contributed by atoms with van der Waals surface area (Å²) in [7, 11) is 0. The fourth-order valence-corrected chi connectivity index (χ4v) is 5.39. The number of ether oxygens (including phenoxy) is 1. The van der Waals surface area contributed by atoms with Crippen LogP contribution in [0.1, 0.15) is 56.9 Å². The van der Waals surface area contributed by atoms with E-state index in [0.717, 1.165) is 67.4 Å². The van der Waals surface area contributed by atoms with Gasteiger partial charge in [0.15, 0.2) is 0 Å². The first-order valence-electron chi connectivity index (χ1n) is 12.3. The lowest BCUT2D eigenvalue weighted by Gasteiger charge is -2.33. The molecular weight excluding hydrogens is 460 g/mol. The van der Waals surface area contributed by atoms with Gasteiger partial charge in [0.25, 0.3) is 0 Å². The van der Waals surface area contributed by atoms with Crippen molar-refractivity contribution in [1.82, 2.24) is 4.90 Å². The molecule has 2 aliphatic rings. The van der Waals surface area contributed by atoms with Gasteiger partial charge in [-0.2, -0.15) is 0 Å². The number of rotatable bonds is 8. The highest BCUT2D eigenvalue weighted by Gasteiger charge is 2.23. The number of halogens is 1. The molecule has 0 atom stereocenters. The first-order chi connectivity index (χ1) is 15.7. The Morgan fingerprint density at radius 2 is 1.53 bits per heavy atom. The van der Waals surface area contributed by atoms with Crippen LogP contribution in [0.15, 0.2) is 70.8 Å². The van der Waals surface area contributed by atoms with Crippen LogP contribution in [-0.2, 0) is 6.54 Å². The van der Waals surface area contributed by atoms with Crippen LogP contribution in [-0.4, -0.2) is 24.1 Å². The van der Waals surface area contributed by atoms with E-state index in [0.29, 0.717) is 6.10 Å². The second kappa shape index (κ2) is 11.9. The quantitative estimate of drug-likeness (QED) is 0.430. The van der Waals surface area contributed by atoms with Crippen molar-refractivity contribution in [2.75, 3.05) is 13.1 Å². The third-order valence-corrected chi connectivity index (χ3v) is 7.61. The molecule has 2 aromatic rings. The zero-order chi connectivity index (χ0) is 22.2. The summed E-state index contributed by atoms with van der Waals surface area (Å²) in [4.78, 5) is 2.59. The molecule has 2 aliphatic carbocycles. The lowest BCUT2D eigenvalue weighted by Crippen LogP contribution is -2.30. The molecule has 3 nitrogen and oxygen atoms in total. The van der Waals surface area contributed by atoms with E-state index in [9.17, 15) is 0 Å². The summed E-state index contributed by atoms with van der Waals surface area (Å²) >= 11 is 3.56. The lowest BCUT2D eigenvalue weighted by molar-refractivity contribution is 0.167. The van der Waals surface area contributed by atoms with Gasteiger partial charge in [0, 0.05) is 17.6 Å². The van der Waals surface area contributed by atoms with Crippen molar-refractivity contribution in [2.24, 2.45) is 17.6 Å². The number of hydrogen-bond acceptors (Lipinski definition) is 3. The molecule has 0 heterocycles. The van der Waals surface area contributed by atoms with Crippen LogP contribution < -0.4 is 10.5 Å². The number of para-hydroxylation sites is 1. The summed E-state index contributed by atoms with van der Waals surface area (Å²) in [6.45, 7) is 2.99. The van der Waals surface area contributed by atoms with Crippen molar-refractivity contribution in [2.45, 2.75) is 64.0 Å². The van der Waals surface area contributed by atoms with Gasteiger partial charge < -0.3 is 15.4 Å². The fraction of sp³-hybridized carbons (Fsp3) is 0.500. The standard InChI is InChI=1S/C28H37BrN2O/c29-26-14-10-24(11-15-26)20-31(19-23-8-6-22(18-30)7-9-23)21-25-12-16-28(17-13-25)32-27-4-2-1-3-5-27/h1-5,10-11,14-15,21-23,28H,6-9,12-13,16-20,30H2. The molecule has 0 bridgehead atoms. The van der Waals surface area contributed by atoms with Crippen LogP contribution >= 0.6 is 15.9 Å². The largest absolute Gasteiger partial charge is 0.490 e. The van der Waals surface area contributed by atoms with E-state index in [1.54, 1.807) is 5.57 Å². The van der Waals surface area contributed by atoms with Gasteiger partial charge >= 0.3 is 0 Å². The highest BCUT2D eigenvalue weighted by Crippen LogP contribution is 2.31. The molecule has 0 unspecified atom stereocenters. The van der Waals surface area contributed by atoms with Crippen LogP contribution in [0.5, 0.6) is 5.75 Å². The third-order valence-electron chi connectivity index (χ3n) is 7.08. The van der Waals surface area contributed by atoms with E-state index >= 15 is 0 Å². The fourth-order valence-electron chi connectivity index (χ4n) is 5.13. The molecule has 2 fully saturated rings. The highest BCUT2D eigenvalue weighted by atomic mass is 79.9. The van der Waals surface area contributed by atoms with Gasteiger partial charge in [-0.15, -0.1) is 0 Å². The molecule has 32 heavy (non-hydrogen) atoms. The first-order valence-corrected chi connectivity index (χ1v) is 13.1. The molecule has 2 aromatic carbocycles. The van der Waals surface area contributed by atoms with Crippen molar-refractivity contribution in [1.29, 1.82) is 0 Å². The van der Waals surface area contributed by atoms with Gasteiger partial charge in [0.2, 0.25) is 0 Å². The summed E-state index contributed by atoms with van der Waals surface area (Å²) < 4.78 is 7.34. The Labute approximate surface area is 202 Å². The molecule has 2 saturated carbocycles. The van der Waals surface area contributed by atoms with Gasteiger partial charge in [0.1, 0.15) is 5.75 Å². The summed E-state index contributed by atoms with van der Waals surface area (Å²) in [6, 6.07) is 19.0. The van der Waals surface area contributed by atoms with E-state index in [4.69, 9.17) is 10.5 Å². The van der Waals surface area contributed by atoms with Crippen LogP contribution in [0.3, 0.4) is 0 Å². The maximum atomic E-state index is 6.20. The van der Waals surface area contributed by atoms with E-state index < -0.39 is 0 Å². The predicted molar refractivity (Wildman–Crippen MR) is 136 cm³/mol. The zero-order valence-corrected chi connectivity index (χ0v) is 20.7. The summed E-state index contributed by atoms with van der Waals surface area (Å²) in [5.41, 5.74) is 8.87. The minimum Gasteiger partial charge on any atom is -0.490 e. The molecule has 0 radical (unpaired) electrons. The van der Waals surface area contributed by atoms with Gasteiger partial charge in [-0.25, -0.2) is 0 Å². The third kappa shape index (κ3) is 7.11. The molecule has 4 rings (SSSR count). The smallest absolute Gasteiger partial charge is 0.119 e. The SMILES string of the molecule is NCC1CCC(CN(C=C2CCC(Oc3ccccc3)CC2)Cc2ccc(Br)cc2)CC1. The first kappa shape index (κ1) is 23.4. The Hall–Kier alpha value is -1.78. The molecule has 2 N–H and O–H groups in total. The summed E-state index contributed by atoms with van der Waals surface area (Å²) in [5, 5.41) is 0. The molecule has 0 aromatic heterocycles. The van der Waals surface area contributed by atoms with Crippen LogP contribution in [0.4, 0.5) is 0 Å². The molecular formula is C28H37BrN2O. The zero-order valence-electron chi connectivity index (χ0n) is 19.1. The van der Waals surface area contributed by atoms with E-state index in [2.05, 4.69) is 63.4 Å². The number of benzene rings is 2. The van der Waals surface area contributed by atoms with E-state index in [1.807, 2.05) is 18.2 Å². The van der Waals surface area contributed by atoms with Gasteiger partial charge in [-0.3, -0.25) is 0 Å². The average Bonchev–Trinajstić information content (AvgIpc) is 2.83. The Bertz CT molecular complexity index is 833. The Morgan fingerprint density at radius 1 is 0.875 bits per heavy atom. The monoisotopic (exact) mass is 496 g/mol. The van der Waals surface area contributed by atoms with Crippen molar-refractivity contribution >= 4 is 15.9 Å². The van der Waals surface area contributed by atoms with Crippen molar-refractivity contribution in [3.05, 3.63) is 76.4 Å². The number of nitrogens with zero attached hydrogens (tertiary/aromatic N) is 1. The Morgan fingerprint density at radius 3 is 2.19 bits per heavy atom. The minimum absolute atomic E-state index is 0.334. The normalized spacial score (nSPS) is 23.6. The van der Waals surface area contributed by atoms with Gasteiger partial charge in [0.05, 0.1) is 6.10 Å². The molecule has 0 amide bonds. The van der Waals surface area contributed by atoms with Crippen molar-refractivity contribution < 1.29 is 4.74 Å². The predicted octanol–water partition coefficient (Wildman–Crippen LogP) is 6.92. The number of allylic oxidation sites excluding steroid dienone is 1. The Kier molecular flexibility index (Phi) is 8.69. The summed E-state index contributed by atoms with van der Waals surface area (Å²) in [5.74, 6) is 2.52. The second-order valence-electron chi connectivity index (χ2n) is 9.60. The second-order valence-corrected chi connectivity index (χ2v) is 10.5. The van der Waals surface area contributed by atoms with Crippen molar-refractivity contribution in [3.8, 4) is 5.75 Å². The molecule has 0 saturated heterocycles. The maximum Gasteiger partial charge on any atom is 0.119 e. The summed E-state index contributed by atoms with van der Waals surface area (Å²) in [6.07, 6.45) is 12.5. The Balaban J connectivity index is 1.36. The molecule has 0 spiro atoms. The van der Waals surface area contributed by atoms with Gasteiger partial charge in [-0.05, 0) is 106 Å². The topological polar surface area (TPSA) is 38.5 Å². The number of nitrogens with two attached hydrogens (primary N) is 1. The molecule has 0 aliphatic heterocycles. The van der Waals surface area contributed by atoms with E-state index in [-0.39, 0.29) is 0 Å². The maximum absolute atomic E-state index is 6.20. The van der Waals surface area contributed by atoms with Crippen LogP contribution in [0, 0.1) is 11.8 Å². The lowest BCUT2D eigenvalue weighted by atomic mass is 9.82. The average molecular weight is 498 g/mol.